The number of anilines is 1. The Hall–Kier alpha value is -1.56. The molecule has 6 nitrogen and oxygen atoms in total. The molecule has 0 aliphatic rings. The average molecular weight is 214 g/mol. The predicted octanol–water partition coefficient (Wildman–Crippen LogP) is 0.280. The lowest BCUT2D eigenvalue weighted by Gasteiger charge is -2.11. The van der Waals surface area contributed by atoms with Gasteiger partial charge in [-0.15, -0.1) is 0 Å². The van der Waals surface area contributed by atoms with Crippen molar-refractivity contribution < 1.29 is 19.1 Å². The Kier molecular flexibility index (Phi) is 4.11. The number of aromatic nitrogens is 1. The summed E-state index contributed by atoms with van der Waals surface area (Å²) in [5.41, 5.74) is 0.136. The van der Waals surface area contributed by atoms with Gasteiger partial charge >= 0.3 is 5.97 Å². The number of carbonyl (C=O) groups excluding carboxylic acids is 1. The molecule has 0 fully saturated rings. The topological polar surface area (TPSA) is 75.8 Å². The van der Waals surface area contributed by atoms with E-state index >= 15 is 0 Å². The molecule has 0 saturated carbocycles. The van der Waals surface area contributed by atoms with Crippen LogP contribution in [0.3, 0.4) is 0 Å². The van der Waals surface area contributed by atoms with Gasteiger partial charge in [-0.25, -0.2) is 4.79 Å². The van der Waals surface area contributed by atoms with Crippen molar-refractivity contribution >= 4 is 12.0 Å². The maximum atomic E-state index is 11.2. The number of esters is 1. The summed E-state index contributed by atoms with van der Waals surface area (Å²) in [6.45, 7) is 2.40. The summed E-state index contributed by atoms with van der Waals surface area (Å²) in [4.78, 5) is 16.7. The Labute approximate surface area is 87.5 Å². The molecular formula is C9H14N2O4. The van der Waals surface area contributed by atoms with Gasteiger partial charge in [0, 0.05) is 13.6 Å². The second-order valence-corrected chi connectivity index (χ2v) is 2.88. The summed E-state index contributed by atoms with van der Waals surface area (Å²) in [6.07, 6.45) is 1.24. The minimum Gasteiger partial charge on any atom is -0.461 e. The van der Waals surface area contributed by atoms with Crippen molar-refractivity contribution in [3.63, 3.8) is 0 Å². The van der Waals surface area contributed by atoms with E-state index in [0.29, 0.717) is 13.2 Å². The molecule has 1 aromatic rings. The van der Waals surface area contributed by atoms with Crippen molar-refractivity contribution in [1.82, 2.24) is 4.98 Å². The van der Waals surface area contributed by atoms with Gasteiger partial charge in [0.1, 0.15) is 6.26 Å². The summed E-state index contributed by atoms with van der Waals surface area (Å²) in [5, 5.41) is 8.70. The number of hydrogen-bond acceptors (Lipinski definition) is 6. The van der Waals surface area contributed by atoms with E-state index in [1.807, 2.05) is 0 Å². The van der Waals surface area contributed by atoms with Gasteiger partial charge < -0.3 is 19.2 Å². The van der Waals surface area contributed by atoms with Crippen LogP contribution in [0.2, 0.25) is 0 Å². The van der Waals surface area contributed by atoms with Crippen LogP contribution in [0.1, 0.15) is 17.4 Å². The second kappa shape index (κ2) is 5.35. The van der Waals surface area contributed by atoms with E-state index in [1.165, 1.54) is 6.26 Å². The molecule has 0 unspecified atom stereocenters. The molecule has 0 aliphatic heterocycles. The van der Waals surface area contributed by atoms with Crippen LogP contribution in [0, 0.1) is 0 Å². The van der Waals surface area contributed by atoms with Gasteiger partial charge in [0.2, 0.25) is 0 Å². The number of oxazole rings is 1. The van der Waals surface area contributed by atoms with Crippen LogP contribution in [0.15, 0.2) is 10.7 Å². The van der Waals surface area contributed by atoms with E-state index in [0.717, 1.165) is 0 Å². The molecule has 0 aromatic carbocycles. The molecule has 1 aromatic heterocycles. The highest BCUT2D eigenvalue weighted by Gasteiger charge is 2.14. The highest BCUT2D eigenvalue weighted by molar-refractivity contribution is 5.87. The van der Waals surface area contributed by atoms with Crippen molar-refractivity contribution in [2.75, 3.05) is 31.7 Å². The van der Waals surface area contributed by atoms with Crippen LogP contribution < -0.4 is 4.90 Å². The third kappa shape index (κ3) is 2.95. The van der Waals surface area contributed by atoms with E-state index in [2.05, 4.69) is 4.98 Å². The van der Waals surface area contributed by atoms with Gasteiger partial charge in [-0.1, -0.05) is 0 Å². The highest BCUT2D eigenvalue weighted by Crippen LogP contribution is 2.12. The van der Waals surface area contributed by atoms with E-state index in [-0.39, 0.29) is 18.3 Å². The summed E-state index contributed by atoms with van der Waals surface area (Å²) in [5.74, 6) is -0.509. The first-order valence-electron chi connectivity index (χ1n) is 4.63. The summed E-state index contributed by atoms with van der Waals surface area (Å²) in [7, 11) is 1.71. The van der Waals surface area contributed by atoms with Crippen molar-refractivity contribution in [2.24, 2.45) is 0 Å². The third-order valence-corrected chi connectivity index (χ3v) is 1.74. The molecule has 84 valence electrons. The lowest BCUT2D eigenvalue weighted by molar-refractivity contribution is 0.0519. The fourth-order valence-corrected chi connectivity index (χ4v) is 0.984. The zero-order chi connectivity index (χ0) is 11.3. The first-order valence-corrected chi connectivity index (χ1v) is 4.63. The van der Waals surface area contributed by atoms with E-state index in [4.69, 9.17) is 14.3 Å². The van der Waals surface area contributed by atoms with Crippen molar-refractivity contribution in [2.45, 2.75) is 6.92 Å². The maximum absolute atomic E-state index is 11.2. The van der Waals surface area contributed by atoms with Crippen LogP contribution in [-0.2, 0) is 4.74 Å². The largest absolute Gasteiger partial charge is 0.461 e. The molecule has 0 bridgehead atoms. The summed E-state index contributed by atoms with van der Waals surface area (Å²) < 4.78 is 9.80. The van der Waals surface area contributed by atoms with Gasteiger partial charge in [-0.2, -0.15) is 4.98 Å². The maximum Gasteiger partial charge on any atom is 0.360 e. The zero-order valence-corrected chi connectivity index (χ0v) is 8.77. The molecule has 0 radical (unpaired) electrons. The van der Waals surface area contributed by atoms with Crippen LogP contribution in [-0.4, -0.2) is 42.9 Å². The molecule has 1 N–H and O–H groups in total. The number of nitrogens with zero attached hydrogens (tertiary/aromatic N) is 2. The molecule has 1 rings (SSSR count). The summed E-state index contributed by atoms with van der Waals surface area (Å²) in [6, 6.07) is 0.284. The molecule has 15 heavy (non-hydrogen) atoms. The van der Waals surface area contributed by atoms with Gasteiger partial charge in [0.25, 0.3) is 6.01 Å². The van der Waals surface area contributed by atoms with Gasteiger partial charge in [-0.3, -0.25) is 0 Å². The Balaban J connectivity index is 2.67. The van der Waals surface area contributed by atoms with Gasteiger partial charge in [0.05, 0.1) is 13.2 Å². The number of carbonyl (C=O) groups is 1. The first kappa shape index (κ1) is 11.5. The van der Waals surface area contributed by atoms with Gasteiger partial charge in [0.15, 0.2) is 5.69 Å². The molecule has 0 saturated heterocycles. The standard InChI is InChI=1S/C9H14N2O4/c1-3-14-8(13)7-6-15-9(10-7)11(2)4-5-12/h6,12H,3-5H2,1-2H3. The fraction of sp³-hybridized carbons (Fsp3) is 0.556. The molecule has 0 aliphatic carbocycles. The second-order valence-electron chi connectivity index (χ2n) is 2.88. The highest BCUT2D eigenvalue weighted by atomic mass is 16.5. The Morgan fingerprint density at radius 1 is 1.73 bits per heavy atom. The van der Waals surface area contributed by atoms with Crippen LogP contribution >= 0.6 is 0 Å². The molecule has 6 heteroatoms. The van der Waals surface area contributed by atoms with Crippen molar-refractivity contribution in [3.05, 3.63) is 12.0 Å². The lowest BCUT2D eigenvalue weighted by Crippen LogP contribution is -2.21. The number of likely N-dealkylation sites (N-methyl/N-ethyl adjacent to an activating group) is 1. The molecule has 0 atom stereocenters. The molecular weight excluding hydrogens is 200 g/mol. The SMILES string of the molecule is CCOC(=O)c1coc(N(C)CCO)n1. The Morgan fingerprint density at radius 2 is 2.47 bits per heavy atom. The van der Waals surface area contributed by atoms with E-state index < -0.39 is 5.97 Å². The average Bonchev–Trinajstić information content (AvgIpc) is 2.67. The van der Waals surface area contributed by atoms with Crippen molar-refractivity contribution in [3.8, 4) is 0 Å². The quantitative estimate of drug-likeness (QED) is 0.709. The van der Waals surface area contributed by atoms with Crippen molar-refractivity contribution in [1.29, 1.82) is 0 Å². The monoisotopic (exact) mass is 214 g/mol. The lowest BCUT2D eigenvalue weighted by atomic mass is 10.5. The third-order valence-electron chi connectivity index (χ3n) is 1.74. The van der Waals surface area contributed by atoms with E-state index in [1.54, 1.807) is 18.9 Å². The van der Waals surface area contributed by atoms with Crippen LogP contribution in [0.4, 0.5) is 6.01 Å². The zero-order valence-electron chi connectivity index (χ0n) is 8.77. The smallest absolute Gasteiger partial charge is 0.360 e. The number of aliphatic hydroxyl groups excluding tert-OH is 1. The van der Waals surface area contributed by atoms with Crippen LogP contribution in [0.25, 0.3) is 0 Å². The first-order chi connectivity index (χ1) is 7.19. The number of ether oxygens (including phenoxy) is 1. The number of rotatable bonds is 5. The van der Waals surface area contributed by atoms with Crippen LogP contribution in [0.5, 0.6) is 0 Å². The normalized spacial score (nSPS) is 10.1. The Bertz CT molecular complexity index is 324. The minimum atomic E-state index is -0.509. The minimum absolute atomic E-state index is 0.00633. The predicted molar refractivity (Wildman–Crippen MR) is 52.8 cm³/mol. The number of hydrogen-bond donors (Lipinski definition) is 1. The van der Waals surface area contributed by atoms with Gasteiger partial charge in [-0.05, 0) is 6.92 Å². The fourth-order valence-electron chi connectivity index (χ4n) is 0.984. The number of aliphatic hydroxyl groups is 1. The molecule has 1 heterocycles. The Morgan fingerprint density at radius 3 is 3.07 bits per heavy atom. The van der Waals surface area contributed by atoms with E-state index in [9.17, 15) is 4.79 Å². The molecule has 0 spiro atoms. The molecule has 0 amide bonds. The summed E-state index contributed by atoms with van der Waals surface area (Å²) >= 11 is 0.